The Balaban J connectivity index is 1.93. The van der Waals surface area contributed by atoms with Gasteiger partial charge in [-0.2, -0.15) is 0 Å². The van der Waals surface area contributed by atoms with Gasteiger partial charge in [0.15, 0.2) is 0 Å². The zero-order chi connectivity index (χ0) is 15.9. The standard InChI is InChI=1S/C15H14BrN3O2S/c1-2-9-17-15(21)19-11-5-3-10(4-6-11)18-14(20)12-7-8-13(16)22-12/h2-8H,1,9H2,(H,18,20)(H2,17,19,21). The third kappa shape index (κ3) is 4.71. The van der Waals surface area contributed by atoms with Crippen LogP contribution in [0.2, 0.25) is 0 Å². The second-order valence-corrected chi connectivity index (χ2v) is 6.72. The van der Waals surface area contributed by atoms with Gasteiger partial charge in [0, 0.05) is 17.9 Å². The first-order chi connectivity index (χ1) is 10.6. The molecule has 2 aromatic rings. The van der Waals surface area contributed by atoms with Crippen molar-refractivity contribution in [3.63, 3.8) is 0 Å². The van der Waals surface area contributed by atoms with Crippen LogP contribution < -0.4 is 16.0 Å². The van der Waals surface area contributed by atoms with Crippen LogP contribution in [0, 0.1) is 0 Å². The Labute approximate surface area is 140 Å². The highest BCUT2D eigenvalue weighted by molar-refractivity contribution is 9.11. The summed E-state index contributed by atoms with van der Waals surface area (Å²) < 4.78 is 0.905. The topological polar surface area (TPSA) is 70.2 Å². The van der Waals surface area contributed by atoms with E-state index in [2.05, 4.69) is 38.5 Å². The molecule has 1 aromatic carbocycles. The maximum atomic E-state index is 12.0. The first kappa shape index (κ1) is 16.3. The van der Waals surface area contributed by atoms with Crippen LogP contribution in [0.15, 0.2) is 52.8 Å². The van der Waals surface area contributed by atoms with Gasteiger partial charge in [-0.05, 0) is 52.3 Å². The predicted octanol–water partition coefficient (Wildman–Crippen LogP) is 4.07. The van der Waals surface area contributed by atoms with Crippen LogP contribution in [0.4, 0.5) is 16.2 Å². The molecule has 3 N–H and O–H groups in total. The van der Waals surface area contributed by atoms with Gasteiger partial charge in [0.05, 0.1) is 8.66 Å². The fourth-order valence-corrected chi connectivity index (χ4v) is 2.89. The SMILES string of the molecule is C=CCNC(=O)Nc1ccc(NC(=O)c2ccc(Br)s2)cc1. The lowest BCUT2D eigenvalue weighted by Gasteiger charge is -2.07. The van der Waals surface area contributed by atoms with E-state index in [-0.39, 0.29) is 11.9 Å². The minimum absolute atomic E-state index is 0.167. The van der Waals surface area contributed by atoms with E-state index >= 15 is 0 Å². The van der Waals surface area contributed by atoms with Crippen LogP contribution >= 0.6 is 27.3 Å². The Kier molecular flexibility index (Phi) is 5.74. The number of hydrogen-bond acceptors (Lipinski definition) is 3. The van der Waals surface area contributed by atoms with Crippen LogP contribution in [-0.4, -0.2) is 18.5 Å². The van der Waals surface area contributed by atoms with E-state index in [0.717, 1.165) is 3.79 Å². The highest BCUT2D eigenvalue weighted by Crippen LogP contribution is 2.23. The van der Waals surface area contributed by atoms with Crippen molar-refractivity contribution < 1.29 is 9.59 Å². The molecule has 5 nitrogen and oxygen atoms in total. The molecule has 0 aliphatic rings. The molecule has 22 heavy (non-hydrogen) atoms. The number of thiophene rings is 1. The van der Waals surface area contributed by atoms with E-state index < -0.39 is 0 Å². The normalized spacial score (nSPS) is 9.86. The summed E-state index contributed by atoms with van der Waals surface area (Å²) in [5.41, 5.74) is 1.30. The molecule has 114 valence electrons. The number of hydrogen-bond donors (Lipinski definition) is 3. The highest BCUT2D eigenvalue weighted by atomic mass is 79.9. The lowest BCUT2D eigenvalue weighted by atomic mass is 10.2. The van der Waals surface area contributed by atoms with E-state index in [0.29, 0.717) is 22.8 Å². The molecule has 0 aliphatic carbocycles. The van der Waals surface area contributed by atoms with Crippen LogP contribution in [0.3, 0.4) is 0 Å². The molecule has 0 bridgehead atoms. The van der Waals surface area contributed by atoms with E-state index in [9.17, 15) is 9.59 Å². The fourth-order valence-electron chi connectivity index (χ4n) is 1.61. The quantitative estimate of drug-likeness (QED) is 0.685. The number of anilines is 2. The molecule has 0 spiro atoms. The lowest BCUT2D eigenvalue weighted by Crippen LogP contribution is -2.28. The number of halogens is 1. The average molecular weight is 380 g/mol. The minimum Gasteiger partial charge on any atom is -0.334 e. The third-order valence-electron chi connectivity index (χ3n) is 2.60. The van der Waals surface area contributed by atoms with Crippen molar-refractivity contribution in [2.45, 2.75) is 0 Å². The molecule has 0 saturated carbocycles. The van der Waals surface area contributed by atoms with Crippen LogP contribution in [0.25, 0.3) is 0 Å². The Bertz CT molecular complexity index is 682. The second-order valence-electron chi connectivity index (χ2n) is 4.26. The van der Waals surface area contributed by atoms with Gasteiger partial charge in [0.2, 0.25) is 0 Å². The van der Waals surface area contributed by atoms with E-state index in [1.165, 1.54) is 11.3 Å². The van der Waals surface area contributed by atoms with Crippen molar-refractivity contribution in [3.05, 3.63) is 57.7 Å². The van der Waals surface area contributed by atoms with Gasteiger partial charge in [-0.3, -0.25) is 4.79 Å². The van der Waals surface area contributed by atoms with Crippen molar-refractivity contribution in [2.75, 3.05) is 17.2 Å². The van der Waals surface area contributed by atoms with Crippen LogP contribution in [-0.2, 0) is 0 Å². The monoisotopic (exact) mass is 379 g/mol. The maximum absolute atomic E-state index is 12.0. The van der Waals surface area contributed by atoms with Gasteiger partial charge >= 0.3 is 6.03 Å². The number of nitrogens with one attached hydrogen (secondary N) is 3. The number of carbonyl (C=O) groups is 2. The summed E-state index contributed by atoms with van der Waals surface area (Å²) in [7, 11) is 0. The van der Waals surface area contributed by atoms with Crippen LogP contribution in [0.1, 0.15) is 9.67 Å². The zero-order valence-corrected chi connectivity index (χ0v) is 14.0. The van der Waals surface area contributed by atoms with Gasteiger partial charge in [0.25, 0.3) is 5.91 Å². The summed E-state index contributed by atoms with van der Waals surface area (Å²) in [4.78, 5) is 24.1. The van der Waals surface area contributed by atoms with Crippen LogP contribution in [0.5, 0.6) is 0 Å². The molecule has 1 heterocycles. The first-order valence-corrected chi connectivity index (χ1v) is 8.02. The Hall–Kier alpha value is -2.12. The van der Waals surface area contributed by atoms with Crippen molar-refractivity contribution >= 4 is 50.6 Å². The molecule has 0 atom stereocenters. The molecule has 0 radical (unpaired) electrons. The first-order valence-electron chi connectivity index (χ1n) is 6.41. The van der Waals surface area contributed by atoms with Crippen molar-refractivity contribution in [3.8, 4) is 0 Å². The molecular weight excluding hydrogens is 366 g/mol. The summed E-state index contributed by atoms with van der Waals surface area (Å²) >= 11 is 4.69. The van der Waals surface area contributed by atoms with Gasteiger partial charge in [-0.15, -0.1) is 17.9 Å². The number of benzene rings is 1. The molecular formula is C15H14BrN3O2S. The molecule has 0 aliphatic heterocycles. The van der Waals surface area contributed by atoms with E-state index in [4.69, 9.17) is 0 Å². The van der Waals surface area contributed by atoms with E-state index in [1.54, 1.807) is 36.4 Å². The largest absolute Gasteiger partial charge is 0.334 e. The average Bonchev–Trinajstić information content (AvgIpc) is 2.94. The second kappa shape index (κ2) is 7.77. The Morgan fingerprint density at radius 1 is 1.09 bits per heavy atom. The van der Waals surface area contributed by atoms with Gasteiger partial charge in [-0.25, -0.2) is 4.79 Å². The summed E-state index contributed by atoms with van der Waals surface area (Å²) in [5.74, 6) is -0.167. The molecule has 2 rings (SSSR count). The van der Waals surface area contributed by atoms with Crippen molar-refractivity contribution in [1.82, 2.24) is 5.32 Å². The number of amides is 3. The lowest BCUT2D eigenvalue weighted by molar-refractivity contribution is 0.103. The molecule has 0 unspecified atom stereocenters. The summed E-state index contributed by atoms with van der Waals surface area (Å²) in [5, 5.41) is 8.08. The highest BCUT2D eigenvalue weighted by Gasteiger charge is 2.08. The van der Waals surface area contributed by atoms with E-state index in [1.807, 2.05) is 6.07 Å². The van der Waals surface area contributed by atoms with Gasteiger partial charge in [0.1, 0.15) is 0 Å². The zero-order valence-electron chi connectivity index (χ0n) is 11.6. The van der Waals surface area contributed by atoms with Gasteiger partial charge < -0.3 is 16.0 Å². The molecule has 3 amide bonds. The number of carbonyl (C=O) groups excluding carboxylic acids is 2. The summed E-state index contributed by atoms with van der Waals surface area (Å²) in [6.07, 6.45) is 1.60. The van der Waals surface area contributed by atoms with Crippen molar-refractivity contribution in [1.29, 1.82) is 0 Å². The molecule has 0 fully saturated rings. The summed E-state index contributed by atoms with van der Waals surface area (Å²) in [6, 6.07) is 10.2. The maximum Gasteiger partial charge on any atom is 0.319 e. The fraction of sp³-hybridized carbons (Fsp3) is 0.0667. The Morgan fingerprint density at radius 3 is 2.27 bits per heavy atom. The van der Waals surface area contributed by atoms with Crippen molar-refractivity contribution in [2.24, 2.45) is 0 Å². The van der Waals surface area contributed by atoms with Gasteiger partial charge in [-0.1, -0.05) is 6.08 Å². The molecule has 1 aromatic heterocycles. The predicted molar refractivity (Wildman–Crippen MR) is 93.6 cm³/mol. The smallest absolute Gasteiger partial charge is 0.319 e. The summed E-state index contributed by atoms with van der Waals surface area (Å²) in [6.45, 7) is 3.92. The number of rotatable bonds is 5. The Morgan fingerprint density at radius 2 is 1.73 bits per heavy atom. The molecule has 7 heteroatoms. The number of urea groups is 1. The molecule has 0 saturated heterocycles. The minimum atomic E-state index is -0.305. The third-order valence-corrected chi connectivity index (χ3v) is 4.23.